The zero-order valence-corrected chi connectivity index (χ0v) is 15.9. The maximum atomic E-state index is 13.4. The van der Waals surface area contributed by atoms with E-state index in [0.29, 0.717) is 24.0 Å². The van der Waals surface area contributed by atoms with Crippen LogP contribution in [0.15, 0.2) is 55.2 Å². The minimum absolute atomic E-state index is 0.0279. The number of rotatable bonds is 9. The summed E-state index contributed by atoms with van der Waals surface area (Å²) in [6.45, 7) is 3.99. The zero-order valence-electron chi connectivity index (χ0n) is 15.9. The van der Waals surface area contributed by atoms with Crippen molar-refractivity contribution in [2.45, 2.75) is 12.1 Å². The number of aldehydes is 1. The van der Waals surface area contributed by atoms with E-state index in [9.17, 15) is 19.1 Å². The molecule has 28 heavy (non-hydrogen) atoms. The largest absolute Gasteiger partial charge is 0.508 e. The van der Waals surface area contributed by atoms with Gasteiger partial charge in [0.25, 0.3) is 0 Å². The number of halogens is 1. The van der Waals surface area contributed by atoms with Crippen LogP contribution in [-0.2, 0) is 16.9 Å². The van der Waals surface area contributed by atoms with E-state index in [1.807, 2.05) is 4.90 Å². The summed E-state index contributed by atoms with van der Waals surface area (Å²) in [5, 5.41) is 16.0. The van der Waals surface area contributed by atoms with Crippen molar-refractivity contribution in [2.24, 2.45) is 0 Å². The third-order valence-electron chi connectivity index (χ3n) is 4.59. The van der Waals surface area contributed by atoms with Crippen molar-refractivity contribution in [3.05, 3.63) is 77.8 Å². The Morgan fingerprint density at radius 3 is 2.64 bits per heavy atom. The molecule has 6 nitrogen and oxygen atoms in total. The first-order valence-corrected chi connectivity index (χ1v) is 8.69. The van der Waals surface area contributed by atoms with Gasteiger partial charge in [0.15, 0.2) is 0 Å². The van der Waals surface area contributed by atoms with E-state index in [4.69, 9.17) is 0 Å². The average Bonchev–Trinajstić information content (AvgIpc) is 2.68. The highest BCUT2D eigenvalue weighted by Crippen LogP contribution is 2.30. The Hall–Kier alpha value is -3.03. The number of phenolic OH excluding ortho intramolecular Hbond substituents is 1. The second-order valence-corrected chi connectivity index (χ2v) is 6.48. The monoisotopic (exact) mass is 385 g/mol. The summed E-state index contributed by atoms with van der Waals surface area (Å²) in [4.78, 5) is 26.0. The van der Waals surface area contributed by atoms with E-state index in [-0.39, 0.29) is 17.9 Å². The summed E-state index contributed by atoms with van der Waals surface area (Å²) >= 11 is 0. The average molecular weight is 385 g/mol. The maximum absolute atomic E-state index is 13.4. The summed E-state index contributed by atoms with van der Waals surface area (Å²) in [6.07, 6.45) is 1.88. The predicted octanol–water partition coefficient (Wildman–Crippen LogP) is 2.15. The number of aromatic hydroxyl groups is 1. The Bertz CT molecular complexity index is 872. The molecule has 0 fully saturated rings. The second kappa shape index (κ2) is 9.25. The molecule has 7 heteroatoms. The lowest BCUT2D eigenvalue weighted by Crippen LogP contribution is -2.57. The lowest BCUT2D eigenvalue weighted by Gasteiger charge is -2.36. The first kappa shape index (κ1) is 21.3. The Labute approximate surface area is 163 Å². The number of para-hydroxylation sites is 1. The van der Waals surface area contributed by atoms with Crippen LogP contribution in [0.1, 0.15) is 21.5 Å². The van der Waals surface area contributed by atoms with Gasteiger partial charge in [0.1, 0.15) is 23.4 Å². The molecular weight excluding hydrogens is 361 g/mol. The maximum Gasteiger partial charge on any atom is 0.250 e. The molecule has 1 amide bonds. The van der Waals surface area contributed by atoms with Crippen molar-refractivity contribution in [3.63, 3.8) is 0 Å². The van der Waals surface area contributed by atoms with Gasteiger partial charge in [-0.15, -0.1) is 0 Å². The lowest BCUT2D eigenvalue weighted by molar-refractivity contribution is -0.127. The Morgan fingerprint density at radius 1 is 1.32 bits per heavy atom. The number of nitrogens with one attached hydrogen (secondary N) is 2. The highest BCUT2D eigenvalue weighted by Gasteiger charge is 2.41. The highest BCUT2D eigenvalue weighted by atomic mass is 19.1. The van der Waals surface area contributed by atoms with Crippen LogP contribution in [0.4, 0.5) is 4.39 Å². The van der Waals surface area contributed by atoms with E-state index in [1.165, 1.54) is 24.4 Å². The van der Waals surface area contributed by atoms with Crippen molar-refractivity contribution in [2.75, 3.05) is 20.6 Å². The minimum atomic E-state index is -1.28. The third kappa shape index (κ3) is 4.44. The molecule has 0 saturated heterocycles. The number of benzene rings is 2. The van der Waals surface area contributed by atoms with Crippen LogP contribution < -0.4 is 10.6 Å². The Kier molecular flexibility index (Phi) is 7.03. The van der Waals surface area contributed by atoms with Crippen LogP contribution in [0.25, 0.3) is 0 Å². The number of likely N-dealkylation sites (N-methyl/N-ethyl adjacent to an activating group) is 2. The van der Waals surface area contributed by atoms with Gasteiger partial charge in [-0.25, -0.2) is 4.39 Å². The number of hydrogen-bond donors (Lipinski definition) is 3. The van der Waals surface area contributed by atoms with Gasteiger partial charge in [0, 0.05) is 24.2 Å². The molecular formula is C21H24FN3O3. The smallest absolute Gasteiger partial charge is 0.250 e. The van der Waals surface area contributed by atoms with Crippen LogP contribution in [0.5, 0.6) is 5.75 Å². The van der Waals surface area contributed by atoms with Crippen LogP contribution in [0.2, 0.25) is 0 Å². The number of nitrogens with zero attached hydrogens (tertiary/aromatic N) is 1. The first-order valence-electron chi connectivity index (χ1n) is 8.69. The number of carbonyl (C=O) groups excluding carboxylic acids is 2. The molecule has 2 rings (SSSR count). The van der Waals surface area contributed by atoms with Gasteiger partial charge in [0.05, 0.1) is 0 Å². The van der Waals surface area contributed by atoms with Crippen molar-refractivity contribution in [1.29, 1.82) is 0 Å². The fourth-order valence-corrected chi connectivity index (χ4v) is 3.23. The Balaban J connectivity index is 2.40. The van der Waals surface area contributed by atoms with E-state index in [1.54, 1.807) is 38.4 Å². The van der Waals surface area contributed by atoms with Gasteiger partial charge in [-0.2, -0.15) is 0 Å². The highest BCUT2D eigenvalue weighted by molar-refractivity contribution is 5.89. The molecule has 0 aliphatic carbocycles. The SMILES string of the molecule is C=CNC(=O)C(CN(C)Cc1ccc(F)cc1C=O)(NC)c1ccccc1O. The number of amides is 1. The van der Waals surface area contributed by atoms with Crippen LogP contribution >= 0.6 is 0 Å². The minimum Gasteiger partial charge on any atom is -0.508 e. The van der Waals surface area contributed by atoms with Crippen molar-refractivity contribution < 1.29 is 19.1 Å². The molecule has 0 aromatic heterocycles. The van der Waals surface area contributed by atoms with Crippen molar-refractivity contribution >= 4 is 12.2 Å². The Morgan fingerprint density at radius 2 is 2.04 bits per heavy atom. The fraction of sp³-hybridized carbons (Fsp3) is 0.238. The molecule has 1 atom stereocenters. The van der Waals surface area contributed by atoms with Gasteiger partial charge in [-0.05, 0) is 44.1 Å². The van der Waals surface area contributed by atoms with Crippen LogP contribution in [0.3, 0.4) is 0 Å². The second-order valence-electron chi connectivity index (χ2n) is 6.48. The molecule has 0 spiro atoms. The summed E-state index contributed by atoms with van der Waals surface area (Å²) < 4.78 is 13.4. The van der Waals surface area contributed by atoms with E-state index in [0.717, 1.165) is 0 Å². The zero-order chi connectivity index (χ0) is 20.7. The molecule has 148 valence electrons. The molecule has 0 aliphatic rings. The van der Waals surface area contributed by atoms with Gasteiger partial charge < -0.3 is 15.7 Å². The van der Waals surface area contributed by atoms with Gasteiger partial charge >= 0.3 is 0 Å². The predicted molar refractivity (Wildman–Crippen MR) is 105 cm³/mol. The third-order valence-corrected chi connectivity index (χ3v) is 4.59. The topological polar surface area (TPSA) is 81.7 Å². The lowest BCUT2D eigenvalue weighted by atomic mass is 9.87. The standard InChI is InChI=1S/C21H24FN3O3/c1-4-24-20(28)21(23-2,18-7-5-6-8-19(18)27)14-25(3)12-15-9-10-17(22)11-16(15)13-26/h4-11,13,23,27H,1,12,14H2,2-3H3,(H,24,28). The van der Waals surface area contributed by atoms with E-state index < -0.39 is 17.3 Å². The summed E-state index contributed by atoms with van der Waals surface area (Å²) in [5.41, 5.74) is -0.000845. The number of carbonyl (C=O) groups is 2. The molecule has 1 unspecified atom stereocenters. The molecule has 0 heterocycles. The number of phenols is 1. The van der Waals surface area contributed by atoms with Crippen LogP contribution in [-0.4, -0.2) is 42.8 Å². The van der Waals surface area contributed by atoms with Crippen molar-refractivity contribution in [3.8, 4) is 5.75 Å². The van der Waals surface area contributed by atoms with Gasteiger partial charge in [-0.1, -0.05) is 30.8 Å². The molecule has 0 radical (unpaired) electrons. The summed E-state index contributed by atoms with van der Waals surface area (Å²) in [6, 6.07) is 10.6. The van der Waals surface area contributed by atoms with Gasteiger partial charge in [0.2, 0.25) is 5.91 Å². The van der Waals surface area contributed by atoms with Crippen molar-refractivity contribution in [1.82, 2.24) is 15.5 Å². The molecule has 0 aliphatic heterocycles. The molecule has 2 aromatic carbocycles. The normalized spacial score (nSPS) is 13.0. The van der Waals surface area contributed by atoms with E-state index >= 15 is 0 Å². The van der Waals surface area contributed by atoms with Gasteiger partial charge in [-0.3, -0.25) is 14.5 Å². The molecule has 2 aromatic rings. The fourth-order valence-electron chi connectivity index (χ4n) is 3.23. The molecule has 0 bridgehead atoms. The number of hydrogen-bond acceptors (Lipinski definition) is 5. The summed E-state index contributed by atoms with van der Waals surface area (Å²) in [7, 11) is 3.39. The van der Waals surface area contributed by atoms with Crippen LogP contribution in [0, 0.1) is 5.82 Å². The molecule has 0 saturated carbocycles. The quantitative estimate of drug-likeness (QED) is 0.577. The van der Waals surface area contributed by atoms with E-state index in [2.05, 4.69) is 17.2 Å². The first-order chi connectivity index (χ1) is 13.4. The molecule has 3 N–H and O–H groups in total. The summed E-state index contributed by atoms with van der Waals surface area (Å²) in [5.74, 6) is -0.912.